The van der Waals surface area contributed by atoms with E-state index in [1.165, 1.54) is 0 Å². The molecule has 1 saturated heterocycles. The summed E-state index contributed by atoms with van der Waals surface area (Å²) in [5, 5.41) is 0. The van der Waals surface area contributed by atoms with E-state index in [9.17, 15) is 4.53 Å². The van der Waals surface area contributed by atoms with E-state index in [-0.39, 0.29) is 6.10 Å². The SMILES string of the molecule is CCN1CCC(OF)CC1. The number of hydrogen-bond acceptors (Lipinski definition) is 2. The molecule has 3 heteroatoms. The fraction of sp³-hybridized carbons (Fsp3) is 1.00. The van der Waals surface area contributed by atoms with Crippen molar-refractivity contribution in [2.24, 2.45) is 0 Å². The predicted octanol–water partition coefficient (Wildman–Crippen LogP) is 1.37. The first-order valence-corrected chi connectivity index (χ1v) is 3.86. The van der Waals surface area contributed by atoms with Gasteiger partial charge in [0.1, 0.15) is 6.10 Å². The highest BCUT2D eigenvalue weighted by atomic mass is 19.3. The first kappa shape index (κ1) is 7.95. The molecule has 60 valence electrons. The van der Waals surface area contributed by atoms with E-state index >= 15 is 0 Å². The van der Waals surface area contributed by atoms with E-state index in [1.807, 2.05) is 0 Å². The molecule has 1 rings (SSSR count). The van der Waals surface area contributed by atoms with Crippen LogP contribution in [0.25, 0.3) is 0 Å². The monoisotopic (exact) mass is 147 g/mol. The maximum Gasteiger partial charge on any atom is 0.101 e. The molecule has 10 heavy (non-hydrogen) atoms. The Morgan fingerprint density at radius 2 is 2.10 bits per heavy atom. The van der Waals surface area contributed by atoms with Gasteiger partial charge in [0, 0.05) is 13.1 Å². The molecule has 0 N–H and O–H groups in total. The Hall–Kier alpha value is -0.150. The average Bonchev–Trinajstić information content (AvgIpc) is 2.05. The van der Waals surface area contributed by atoms with E-state index in [1.54, 1.807) is 0 Å². The second-order valence-corrected chi connectivity index (χ2v) is 2.72. The van der Waals surface area contributed by atoms with Gasteiger partial charge >= 0.3 is 0 Å². The van der Waals surface area contributed by atoms with Crippen LogP contribution >= 0.6 is 0 Å². The molecule has 0 aliphatic carbocycles. The van der Waals surface area contributed by atoms with Crippen molar-refractivity contribution in [3.05, 3.63) is 0 Å². The van der Waals surface area contributed by atoms with Gasteiger partial charge in [0.25, 0.3) is 0 Å². The van der Waals surface area contributed by atoms with Crippen LogP contribution in [0.5, 0.6) is 0 Å². The number of rotatable bonds is 2. The molecule has 2 nitrogen and oxygen atoms in total. The summed E-state index contributed by atoms with van der Waals surface area (Å²) in [6.45, 7) is 5.14. The Kier molecular flexibility index (Phi) is 3.09. The lowest BCUT2D eigenvalue weighted by molar-refractivity contribution is -0.190. The molecule has 1 fully saturated rings. The van der Waals surface area contributed by atoms with Crippen molar-refractivity contribution in [3.8, 4) is 0 Å². The lowest BCUT2D eigenvalue weighted by Crippen LogP contribution is -2.35. The summed E-state index contributed by atoms with van der Waals surface area (Å²) in [5.41, 5.74) is 0. The predicted molar refractivity (Wildman–Crippen MR) is 37.3 cm³/mol. The fourth-order valence-electron chi connectivity index (χ4n) is 1.31. The quantitative estimate of drug-likeness (QED) is 0.585. The van der Waals surface area contributed by atoms with Crippen LogP contribution in [-0.4, -0.2) is 30.6 Å². The van der Waals surface area contributed by atoms with Gasteiger partial charge in [0.2, 0.25) is 0 Å². The van der Waals surface area contributed by atoms with Crippen LogP contribution in [0.4, 0.5) is 4.53 Å². The van der Waals surface area contributed by atoms with E-state index in [4.69, 9.17) is 0 Å². The van der Waals surface area contributed by atoms with Gasteiger partial charge in [-0.25, -0.2) is 0 Å². The van der Waals surface area contributed by atoms with Gasteiger partial charge in [0.05, 0.1) is 0 Å². The molecule has 0 unspecified atom stereocenters. The Bertz CT molecular complexity index is 79.6. The molecule has 0 radical (unpaired) electrons. The third-order valence-corrected chi connectivity index (χ3v) is 2.11. The highest BCUT2D eigenvalue weighted by Gasteiger charge is 2.18. The maximum absolute atomic E-state index is 11.6. The first-order valence-electron chi connectivity index (χ1n) is 3.86. The fourth-order valence-corrected chi connectivity index (χ4v) is 1.31. The molecule has 0 aromatic rings. The Labute approximate surface area is 60.9 Å². The zero-order valence-corrected chi connectivity index (χ0v) is 6.35. The van der Waals surface area contributed by atoms with Gasteiger partial charge in [-0.3, -0.25) is 0 Å². The standard InChI is InChI=1S/C7H14FNO/c1-2-9-5-3-7(10-8)4-6-9/h7H,2-6H2,1H3. The zero-order chi connectivity index (χ0) is 7.40. The molecule has 0 spiro atoms. The summed E-state index contributed by atoms with van der Waals surface area (Å²) in [6.07, 6.45) is 1.54. The van der Waals surface area contributed by atoms with Crippen molar-refractivity contribution in [1.82, 2.24) is 4.90 Å². The molecular weight excluding hydrogens is 133 g/mol. The third kappa shape index (κ3) is 1.92. The summed E-state index contributed by atoms with van der Waals surface area (Å²) in [7, 11) is 0. The van der Waals surface area contributed by atoms with Gasteiger partial charge in [0.15, 0.2) is 0 Å². The van der Waals surface area contributed by atoms with Gasteiger partial charge in [-0.05, 0) is 23.9 Å². The van der Waals surface area contributed by atoms with Crippen molar-refractivity contribution < 1.29 is 9.47 Å². The van der Waals surface area contributed by atoms with Crippen LogP contribution in [-0.2, 0) is 4.94 Å². The minimum atomic E-state index is -0.136. The van der Waals surface area contributed by atoms with E-state index < -0.39 is 0 Å². The highest BCUT2D eigenvalue weighted by molar-refractivity contribution is 4.70. The normalized spacial score (nSPS) is 23.4. The van der Waals surface area contributed by atoms with Gasteiger partial charge < -0.3 is 4.90 Å². The van der Waals surface area contributed by atoms with Crippen molar-refractivity contribution in [2.45, 2.75) is 25.9 Å². The minimum absolute atomic E-state index is 0.136. The molecular formula is C7H14FNO. The maximum atomic E-state index is 11.6. The second-order valence-electron chi connectivity index (χ2n) is 2.72. The largest absolute Gasteiger partial charge is 0.303 e. The van der Waals surface area contributed by atoms with Crippen LogP contribution in [0, 0.1) is 0 Å². The number of likely N-dealkylation sites (tertiary alicyclic amines) is 1. The molecule has 0 aromatic carbocycles. The van der Waals surface area contributed by atoms with Gasteiger partial charge in [-0.1, -0.05) is 6.92 Å². The van der Waals surface area contributed by atoms with Crippen LogP contribution in [0.1, 0.15) is 19.8 Å². The second kappa shape index (κ2) is 3.88. The molecule has 0 bridgehead atoms. The number of nitrogens with zero attached hydrogens (tertiary/aromatic N) is 1. The first-order chi connectivity index (χ1) is 4.86. The summed E-state index contributed by atoms with van der Waals surface area (Å²) < 4.78 is 11.6. The Balaban J connectivity index is 2.17. The highest BCUT2D eigenvalue weighted by Crippen LogP contribution is 2.12. The molecule has 0 saturated carbocycles. The molecule has 0 aromatic heterocycles. The van der Waals surface area contributed by atoms with Gasteiger partial charge in [-0.2, -0.15) is 4.94 Å². The third-order valence-electron chi connectivity index (χ3n) is 2.11. The Morgan fingerprint density at radius 1 is 1.50 bits per heavy atom. The van der Waals surface area contributed by atoms with Crippen molar-refractivity contribution in [1.29, 1.82) is 0 Å². The van der Waals surface area contributed by atoms with E-state index in [0.717, 1.165) is 32.5 Å². The lowest BCUT2D eigenvalue weighted by atomic mass is 10.1. The molecule has 0 atom stereocenters. The molecule has 1 aliphatic rings. The summed E-state index contributed by atoms with van der Waals surface area (Å²) >= 11 is 0. The Morgan fingerprint density at radius 3 is 2.50 bits per heavy atom. The van der Waals surface area contributed by atoms with E-state index in [0.29, 0.717) is 0 Å². The molecule has 1 aliphatic heterocycles. The van der Waals surface area contributed by atoms with Crippen LogP contribution < -0.4 is 0 Å². The zero-order valence-electron chi connectivity index (χ0n) is 6.35. The summed E-state index contributed by atoms with van der Waals surface area (Å²) in [4.78, 5) is 6.06. The van der Waals surface area contributed by atoms with Crippen LogP contribution in [0.2, 0.25) is 0 Å². The smallest absolute Gasteiger partial charge is 0.101 e. The molecule has 1 heterocycles. The average molecular weight is 147 g/mol. The van der Waals surface area contributed by atoms with Crippen molar-refractivity contribution in [2.75, 3.05) is 19.6 Å². The number of hydrogen-bond donors (Lipinski definition) is 0. The van der Waals surface area contributed by atoms with E-state index in [2.05, 4.69) is 16.8 Å². The van der Waals surface area contributed by atoms with Crippen LogP contribution in [0.15, 0.2) is 0 Å². The van der Waals surface area contributed by atoms with Gasteiger partial charge in [-0.15, -0.1) is 0 Å². The number of piperidine rings is 1. The summed E-state index contributed by atoms with van der Waals surface area (Å²) in [6, 6.07) is 0. The van der Waals surface area contributed by atoms with Crippen molar-refractivity contribution in [3.63, 3.8) is 0 Å². The topological polar surface area (TPSA) is 12.5 Å². The van der Waals surface area contributed by atoms with Crippen LogP contribution in [0.3, 0.4) is 0 Å². The van der Waals surface area contributed by atoms with Crippen molar-refractivity contribution >= 4 is 0 Å². The number of halogens is 1. The molecule has 0 amide bonds. The lowest BCUT2D eigenvalue weighted by Gasteiger charge is -2.28. The summed E-state index contributed by atoms with van der Waals surface area (Å²) in [5.74, 6) is 0. The minimum Gasteiger partial charge on any atom is -0.303 e.